The zero-order chi connectivity index (χ0) is 15.4. The highest BCUT2D eigenvalue weighted by Gasteiger charge is 2.18. The number of rotatable bonds is 5. The second-order valence-corrected chi connectivity index (χ2v) is 5.17. The number of hydrogen-bond donors (Lipinski definition) is 1. The third kappa shape index (κ3) is 3.61. The van der Waals surface area contributed by atoms with Gasteiger partial charge in [0.05, 0.1) is 12.2 Å². The fourth-order valence-corrected chi connectivity index (χ4v) is 2.22. The second-order valence-electron chi connectivity index (χ2n) is 4.74. The summed E-state index contributed by atoms with van der Waals surface area (Å²) in [5, 5.41) is 3.64. The van der Waals surface area contributed by atoms with Crippen molar-refractivity contribution in [3.05, 3.63) is 46.9 Å². The first-order chi connectivity index (χ1) is 10.0. The summed E-state index contributed by atoms with van der Waals surface area (Å²) in [7, 11) is 1.80. The van der Waals surface area contributed by atoms with E-state index < -0.39 is 5.82 Å². The van der Waals surface area contributed by atoms with E-state index in [0.29, 0.717) is 17.5 Å². The molecule has 112 valence electrons. The summed E-state index contributed by atoms with van der Waals surface area (Å²) < 4.78 is 14.0. The van der Waals surface area contributed by atoms with Gasteiger partial charge in [-0.1, -0.05) is 23.7 Å². The molecule has 0 aliphatic heterocycles. The van der Waals surface area contributed by atoms with Crippen molar-refractivity contribution in [2.45, 2.75) is 19.9 Å². The van der Waals surface area contributed by atoms with Crippen molar-refractivity contribution in [2.24, 2.45) is 0 Å². The molecular weight excluding hydrogens is 291 g/mol. The van der Waals surface area contributed by atoms with Crippen LogP contribution in [0, 0.1) is 5.82 Å². The maximum Gasteiger partial charge on any atom is 0.224 e. The highest BCUT2D eigenvalue weighted by Crippen LogP contribution is 2.27. The lowest BCUT2D eigenvalue weighted by Crippen LogP contribution is -2.24. The van der Waals surface area contributed by atoms with Crippen LogP contribution in [0.2, 0.25) is 5.02 Å². The average molecular weight is 309 g/mol. The van der Waals surface area contributed by atoms with E-state index in [0.717, 1.165) is 5.56 Å². The van der Waals surface area contributed by atoms with Crippen molar-refractivity contribution in [1.82, 2.24) is 9.97 Å². The van der Waals surface area contributed by atoms with E-state index in [2.05, 4.69) is 15.3 Å². The minimum Gasteiger partial charge on any atom is -0.354 e. The Labute approximate surface area is 129 Å². The molecule has 1 N–H and O–H groups in total. The molecule has 1 aromatic carbocycles. The van der Waals surface area contributed by atoms with Crippen LogP contribution in [0.4, 0.5) is 16.2 Å². The standard InChI is InChI=1S/C15H18ClFN4/c1-4-18-15-19-9-13(17)14(20-15)21(3)10(2)11-6-5-7-12(16)8-11/h5-10H,4H2,1-3H3,(H,18,19,20). The zero-order valence-electron chi connectivity index (χ0n) is 12.3. The van der Waals surface area contributed by atoms with Gasteiger partial charge in [0.25, 0.3) is 0 Å². The van der Waals surface area contributed by atoms with Gasteiger partial charge in [-0.25, -0.2) is 9.37 Å². The maximum absolute atomic E-state index is 14.0. The molecule has 21 heavy (non-hydrogen) atoms. The fourth-order valence-electron chi connectivity index (χ4n) is 2.02. The summed E-state index contributed by atoms with van der Waals surface area (Å²) in [6, 6.07) is 7.45. The van der Waals surface area contributed by atoms with Gasteiger partial charge in [0.1, 0.15) is 0 Å². The monoisotopic (exact) mass is 308 g/mol. The number of aromatic nitrogens is 2. The van der Waals surface area contributed by atoms with Crippen LogP contribution in [0.15, 0.2) is 30.5 Å². The predicted molar refractivity (Wildman–Crippen MR) is 84.4 cm³/mol. The number of nitrogens with one attached hydrogen (secondary N) is 1. The Morgan fingerprint density at radius 2 is 2.19 bits per heavy atom. The zero-order valence-corrected chi connectivity index (χ0v) is 13.0. The molecule has 0 fully saturated rings. The molecule has 0 saturated heterocycles. The van der Waals surface area contributed by atoms with Crippen LogP contribution >= 0.6 is 11.6 Å². The van der Waals surface area contributed by atoms with Gasteiger partial charge in [-0.15, -0.1) is 0 Å². The molecule has 1 unspecified atom stereocenters. The van der Waals surface area contributed by atoms with Crippen molar-refractivity contribution < 1.29 is 4.39 Å². The number of anilines is 2. The summed E-state index contributed by atoms with van der Waals surface area (Å²) in [5.41, 5.74) is 0.994. The lowest BCUT2D eigenvalue weighted by atomic mass is 10.1. The Kier molecular flexibility index (Phi) is 4.96. The summed E-state index contributed by atoms with van der Waals surface area (Å²) in [6.45, 7) is 4.59. The molecule has 0 aliphatic carbocycles. The van der Waals surface area contributed by atoms with Crippen molar-refractivity contribution in [1.29, 1.82) is 0 Å². The van der Waals surface area contributed by atoms with Crippen molar-refractivity contribution in [3.63, 3.8) is 0 Å². The molecule has 0 spiro atoms. The van der Waals surface area contributed by atoms with Gasteiger partial charge in [0.15, 0.2) is 11.6 Å². The molecule has 2 aromatic rings. The van der Waals surface area contributed by atoms with Gasteiger partial charge in [0, 0.05) is 18.6 Å². The molecule has 0 radical (unpaired) electrons. The lowest BCUT2D eigenvalue weighted by molar-refractivity contribution is 0.596. The summed E-state index contributed by atoms with van der Waals surface area (Å²) in [6.07, 6.45) is 1.18. The predicted octanol–water partition coefficient (Wildman–Crippen LogP) is 3.90. The van der Waals surface area contributed by atoms with E-state index in [4.69, 9.17) is 11.6 Å². The van der Waals surface area contributed by atoms with Gasteiger partial charge >= 0.3 is 0 Å². The van der Waals surface area contributed by atoms with E-state index >= 15 is 0 Å². The summed E-state index contributed by atoms with van der Waals surface area (Å²) in [5.74, 6) is 0.223. The molecule has 2 rings (SSSR count). The number of halogens is 2. The van der Waals surface area contributed by atoms with Gasteiger partial charge in [0.2, 0.25) is 5.95 Å². The molecule has 0 amide bonds. The van der Waals surface area contributed by atoms with Crippen LogP contribution in [0.1, 0.15) is 25.5 Å². The Morgan fingerprint density at radius 3 is 2.86 bits per heavy atom. The van der Waals surface area contributed by atoms with E-state index in [1.54, 1.807) is 11.9 Å². The van der Waals surface area contributed by atoms with Gasteiger partial charge in [-0.05, 0) is 31.5 Å². The molecule has 1 atom stereocenters. The minimum atomic E-state index is -0.451. The highest BCUT2D eigenvalue weighted by molar-refractivity contribution is 6.30. The highest BCUT2D eigenvalue weighted by atomic mass is 35.5. The molecule has 4 nitrogen and oxygen atoms in total. The average Bonchev–Trinajstić information content (AvgIpc) is 2.48. The molecule has 6 heteroatoms. The van der Waals surface area contributed by atoms with Gasteiger partial charge in [-0.2, -0.15) is 4.98 Å². The van der Waals surface area contributed by atoms with Crippen molar-refractivity contribution >= 4 is 23.4 Å². The van der Waals surface area contributed by atoms with E-state index in [-0.39, 0.29) is 11.9 Å². The Bertz CT molecular complexity index is 620. The summed E-state index contributed by atoms with van der Waals surface area (Å²) >= 11 is 6.01. The van der Waals surface area contributed by atoms with Crippen LogP contribution < -0.4 is 10.2 Å². The first-order valence-corrected chi connectivity index (χ1v) is 7.15. The molecular formula is C15H18ClFN4. The molecule has 1 aromatic heterocycles. The third-order valence-corrected chi connectivity index (χ3v) is 3.54. The van der Waals surface area contributed by atoms with Crippen LogP contribution in [0.25, 0.3) is 0 Å². The lowest BCUT2D eigenvalue weighted by Gasteiger charge is -2.27. The van der Waals surface area contributed by atoms with Crippen molar-refractivity contribution in [3.8, 4) is 0 Å². The fraction of sp³-hybridized carbons (Fsp3) is 0.333. The van der Waals surface area contributed by atoms with E-state index in [9.17, 15) is 4.39 Å². The third-order valence-electron chi connectivity index (χ3n) is 3.31. The first kappa shape index (κ1) is 15.5. The van der Waals surface area contributed by atoms with Crippen molar-refractivity contribution in [2.75, 3.05) is 23.8 Å². The SMILES string of the molecule is CCNc1ncc(F)c(N(C)C(C)c2cccc(Cl)c2)n1. The van der Waals surface area contributed by atoms with E-state index in [1.165, 1.54) is 6.20 Å². The minimum absolute atomic E-state index is 0.0671. The van der Waals surface area contributed by atoms with Crippen LogP contribution in [0.5, 0.6) is 0 Å². The maximum atomic E-state index is 14.0. The Balaban J connectivity index is 2.30. The summed E-state index contributed by atoms with van der Waals surface area (Å²) in [4.78, 5) is 9.91. The topological polar surface area (TPSA) is 41.1 Å². The van der Waals surface area contributed by atoms with Crippen LogP contribution in [-0.4, -0.2) is 23.6 Å². The molecule has 0 aliphatic rings. The smallest absolute Gasteiger partial charge is 0.224 e. The number of hydrogen-bond acceptors (Lipinski definition) is 4. The Morgan fingerprint density at radius 1 is 1.43 bits per heavy atom. The van der Waals surface area contributed by atoms with E-state index in [1.807, 2.05) is 38.1 Å². The Hall–Kier alpha value is -1.88. The second kappa shape index (κ2) is 6.72. The van der Waals surface area contributed by atoms with Crippen LogP contribution in [0.3, 0.4) is 0 Å². The van der Waals surface area contributed by atoms with Gasteiger partial charge < -0.3 is 10.2 Å². The largest absolute Gasteiger partial charge is 0.354 e. The molecule has 0 bridgehead atoms. The number of nitrogens with zero attached hydrogens (tertiary/aromatic N) is 3. The van der Waals surface area contributed by atoms with Gasteiger partial charge in [-0.3, -0.25) is 0 Å². The van der Waals surface area contributed by atoms with Crippen LogP contribution in [-0.2, 0) is 0 Å². The first-order valence-electron chi connectivity index (χ1n) is 6.77. The number of benzene rings is 1. The normalized spacial score (nSPS) is 12.0. The quantitative estimate of drug-likeness (QED) is 0.909. The molecule has 1 heterocycles. The molecule has 0 saturated carbocycles.